The molecule has 0 fully saturated rings. The number of sulfone groups is 1. The molecule has 7 heteroatoms. The van der Waals surface area contributed by atoms with Gasteiger partial charge in [0.25, 0.3) is 0 Å². The van der Waals surface area contributed by atoms with Crippen LogP contribution in [0.25, 0.3) is 0 Å². The number of nitrogens with one attached hydrogen (secondary N) is 2. The van der Waals surface area contributed by atoms with E-state index >= 15 is 0 Å². The molecule has 0 radical (unpaired) electrons. The molecule has 110 valence electrons. The van der Waals surface area contributed by atoms with Crippen molar-refractivity contribution in [2.24, 2.45) is 0 Å². The highest BCUT2D eigenvalue weighted by molar-refractivity contribution is 8.00. The minimum Gasteiger partial charge on any atom is -0.324 e. The first-order valence-electron chi connectivity index (χ1n) is 6.39. The molecule has 1 atom stereocenters. The van der Waals surface area contributed by atoms with Crippen LogP contribution in [0, 0.1) is 0 Å². The SMILES string of the molecule is CCNC1C(=O)Nc2cc(SCCS(C)(=O)=O)ccc21. The molecular formula is C13H18N2O3S2. The van der Waals surface area contributed by atoms with Crippen LogP contribution in [0.15, 0.2) is 23.1 Å². The van der Waals surface area contributed by atoms with Gasteiger partial charge in [-0.25, -0.2) is 8.42 Å². The van der Waals surface area contributed by atoms with Crippen molar-refractivity contribution in [2.75, 3.05) is 29.6 Å². The molecule has 1 heterocycles. The first-order chi connectivity index (χ1) is 9.40. The summed E-state index contributed by atoms with van der Waals surface area (Å²) in [6, 6.07) is 5.46. The zero-order chi connectivity index (χ0) is 14.8. The first kappa shape index (κ1) is 15.3. The van der Waals surface area contributed by atoms with Crippen molar-refractivity contribution in [1.82, 2.24) is 5.32 Å². The Morgan fingerprint density at radius 2 is 2.15 bits per heavy atom. The van der Waals surface area contributed by atoms with Crippen LogP contribution in [0.5, 0.6) is 0 Å². The first-order valence-corrected chi connectivity index (χ1v) is 9.44. The van der Waals surface area contributed by atoms with Gasteiger partial charge in [-0.2, -0.15) is 0 Å². The number of hydrogen-bond acceptors (Lipinski definition) is 5. The Bertz CT molecular complexity index is 614. The second-order valence-electron chi connectivity index (χ2n) is 4.71. The number of benzene rings is 1. The molecule has 1 amide bonds. The standard InChI is InChI=1S/C13H18N2O3S2/c1-3-14-12-10-5-4-9(8-11(10)15-13(12)16)19-6-7-20(2,17)18/h4-5,8,12,14H,3,6-7H2,1-2H3,(H,15,16). The highest BCUT2D eigenvalue weighted by Gasteiger charge is 2.29. The molecule has 20 heavy (non-hydrogen) atoms. The topological polar surface area (TPSA) is 75.3 Å². The summed E-state index contributed by atoms with van der Waals surface area (Å²) in [6.45, 7) is 2.68. The molecule has 2 N–H and O–H groups in total. The lowest BCUT2D eigenvalue weighted by Gasteiger charge is -2.09. The number of fused-ring (bicyclic) bond motifs is 1. The predicted molar refractivity (Wildman–Crippen MR) is 81.9 cm³/mol. The Balaban J connectivity index is 2.06. The average Bonchev–Trinajstić information content (AvgIpc) is 2.64. The van der Waals surface area contributed by atoms with E-state index in [0.717, 1.165) is 22.7 Å². The highest BCUT2D eigenvalue weighted by Crippen LogP contribution is 2.34. The summed E-state index contributed by atoms with van der Waals surface area (Å²) in [5.74, 6) is 0.628. The van der Waals surface area contributed by atoms with Crippen molar-refractivity contribution >= 4 is 33.2 Å². The number of rotatable bonds is 6. The van der Waals surface area contributed by atoms with Gasteiger partial charge < -0.3 is 10.6 Å². The molecule has 2 rings (SSSR count). The fourth-order valence-electron chi connectivity index (χ4n) is 2.05. The second-order valence-corrected chi connectivity index (χ2v) is 8.14. The third-order valence-electron chi connectivity index (χ3n) is 2.99. The Morgan fingerprint density at radius 1 is 1.40 bits per heavy atom. The molecular weight excluding hydrogens is 296 g/mol. The molecule has 0 aromatic heterocycles. The smallest absolute Gasteiger partial charge is 0.246 e. The van der Waals surface area contributed by atoms with Gasteiger partial charge in [0.15, 0.2) is 0 Å². The summed E-state index contributed by atoms with van der Waals surface area (Å²) in [5, 5.41) is 5.98. The Kier molecular flexibility index (Phi) is 4.72. The van der Waals surface area contributed by atoms with E-state index in [1.54, 1.807) is 0 Å². The van der Waals surface area contributed by atoms with Gasteiger partial charge in [0.2, 0.25) is 5.91 Å². The monoisotopic (exact) mass is 314 g/mol. The maximum atomic E-state index is 11.8. The van der Waals surface area contributed by atoms with Gasteiger partial charge in [-0.05, 0) is 18.7 Å². The fraction of sp³-hybridized carbons (Fsp3) is 0.462. The molecule has 1 aromatic carbocycles. The average molecular weight is 314 g/mol. The van der Waals surface area contributed by atoms with E-state index in [-0.39, 0.29) is 17.7 Å². The van der Waals surface area contributed by atoms with Crippen LogP contribution in [-0.4, -0.2) is 38.6 Å². The third-order valence-corrected chi connectivity index (χ3v) is 5.19. The molecule has 0 saturated carbocycles. The van der Waals surface area contributed by atoms with E-state index in [0.29, 0.717) is 5.75 Å². The van der Waals surface area contributed by atoms with Crippen molar-refractivity contribution in [1.29, 1.82) is 0 Å². The lowest BCUT2D eigenvalue weighted by atomic mass is 10.1. The van der Waals surface area contributed by atoms with Crippen LogP contribution in [0.4, 0.5) is 5.69 Å². The largest absolute Gasteiger partial charge is 0.324 e. The molecule has 1 aliphatic rings. The maximum absolute atomic E-state index is 11.8. The summed E-state index contributed by atoms with van der Waals surface area (Å²) in [6.07, 6.45) is 1.23. The third kappa shape index (κ3) is 3.74. The molecule has 0 aliphatic carbocycles. The van der Waals surface area contributed by atoms with Crippen LogP contribution >= 0.6 is 11.8 Å². The van der Waals surface area contributed by atoms with Gasteiger partial charge in [0.1, 0.15) is 15.9 Å². The van der Waals surface area contributed by atoms with E-state index in [9.17, 15) is 13.2 Å². The van der Waals surface area contributed by atoms with Crippen molar-refractivity contribution in [2.45, 2.75) is 17.9 Å². The summed E-state index contributed by atoms with van der Waals surface area (Å²) in [4.78, 5) is 12.8. The maximum Gasteiger partial charge on any atom is 0.246 e. The molecule has 1 aliphatic heterocycles. The number of carbonyl (C=O) groups excluding carboxylic acids is 1. The Hall–Kier alpha value is -1.05. The molecule has 1 aromatic rings. The van der Waals surface area contributed by atoms with E-state index in [4.69, 9.17) is 0 Å². The van der Waals surface area contributed by atoms with Crippen LogP contribution in [0.1, 0.15) is 18.5 Å². The molecule has 5 nitrogen and oxygen atoms in total. The molecule has 0 spiro atoms. The zero-order valence-corrected chi connectivity index (χ0v) is 13.1. The second kappa shape index (κ2) is 6.15. The summed E-state index contributed by atoms with van der Waals surface area (Å²) < 4.78 is 22.2. The summed E-state index contributed by atoms with van der Waals surface area (Å²) >= 11 is 1.48. The number of likely N-dealkylation sites (N-methyl/N-ethyl adjacent to an activating group) is 1. The van der Waals surface area contributed by atoms with Crippen molar-refractivity contribution in [3.8, 4) is 0 Å². The highest BCUT2D eigenvalue weighted by atomic mass is 32.2. The zero-order valence-electron chi connectivity index (χ0n) is 11.5. The van der Waals surface area contributed by atoms with Gasteiger partial charge in [0, 0.05) is 28.2 Å². The van der Waals surface area contributed by atoms with Crippen molar-refractivity contribution in [3.05, 3.63) is 23.8 Å². The molecule has 1 unspecified atom stereocenters. The van der Waals surface area contributed by atoms with E-state index in [1.807, 2.05) is 25.1 Å². The van der Waals surface area contributed by atoms with Crippen LogP contribution in [0.3, 0.4) is 0 Å². The van der Waals surface area contributed by atoms with Crippen molar-refractivity contribution < 1.29 is 13.2 Å². The van der Waals surface area contributed by atoms with E-state index < -0.39 is 9.84 Å². The number of carbonyl (C=O) groups is 1. The van der Waals surface area contributed by atoms with Crippen LogP contribution in [-0.2, 0) is 14.6 Å². The van der Waals surface area contributed by atoms with Crippen LogP contribution in [0.2, 0.25) is 0 Å². The normalized spacial score (nSPS) is 17.9. The lowest BCUT2D eigenvalue weighted by Crippen LogP contribution is -2.27. The minimum atomic E-state index is -2.93. The fourth-order valence-corrected chi connectivity index (χ4v) is 4.19. The molecule has 0 saturated heterocycles. The summed E-state index contributed by atoms with van der Waals surface area (Å²) in [5.41, 5.74) is 1.76. The number of amides is 1. The number of hydrogen-bond donors (Lipinski definition) is 2. The van der Waals surface area contributed by atoms with Crippen molar-refractivity contribution in [3.63, 3.8) is 0 Å². The Morgan fingerprint density at radius 3 is 2.80 bits per heavy atom. The van der Waals surface area contributed by atoms with Gasteiger partial charge >= 0.3 is 0 Å². The van der Waals surface area contributed by atoms with E-state index in [1.165, 1.54) is 18.0 Å². The van der Waals surface area contributed by atoms with Crippen LogP contribution < -0.4 is 10.6 Å². The number of anilines is 1. The Labute approximate surface area is 123 Å². The van der Waals surface area contributed by atoms with Gasteiger partial charge in [0.05, 0.1) is 5.75 Å². The molecule has 0 bridgehead atoms. The van der Waals surface area contributed by atoms with E-state index in [2.05, 4.69) is 10.6 Å². The predicted octanol–water partition coefficient (Wildman–Crippen LogP) is 1.43. The van der Waals surface area contributed by atoms with Gasteiger partial charge in [-0.1, -0.05) is 13.0 Å². The lowest BCUT2D eigenvalue weighted by molar-refractivity contribution is -0.117. The quantitative estimate of drug-likeness (QED) is 0.777. The minimum absolute atomic E-state index is 0.0415. The van der Waals surface area contributed by atoms with Gasteiger partial charge in [-0.3, -0.25) is 4.79 Å². The summed E-state index contributed by atoms with van der Waals surface area (Å²) in [7, 11) is -2.93. The number of thioether (sulfide) groups is 1. The van der Waals surface area contributed by atoms with Gasteiger partial charge in [-0.15, -0.1) is 11.8 Å².